The van der Waals surface area contributed by atoms with Gasteiger partial charge in [0.25, 0.3) is 0 Å². The monoisotopic (exact) mass is 288 g/mol. The highest BCUT2D eigenvalue weighted by molar-refractivity contribution is 6.17. The number of fused-ring (bicyclic) bond motifs is 1. The highest BCUT2D eigenvalue weighted by atomic mass is 35.5. The van der Waals surface area contributed by atoms with Crippen molar-refractivity contribution in [3.8, 4) is 5.69 Å². The zero-order chi connectivity index (χ0) is 14.3. The van der Waals surface area contributed by atoms with Gasteiger partial charge >= 0.3 is 0 Å². The fourth-order valence-electron chi connectivity index (χ4n) is 2.48. The van der Waals surface area contributed by atoms with Gasteiger partial charge in [-0.1, -0.05) is 12.1 Å². The number of nitrogens with zero attached hydrogens (tertiary/aromatic N) is 2. The molecule has 1 aromatic heterocycles. The van der Waals surface area contributed by atoms with Crippen LogP contribution in [0.25, 0.3) is 16.7 Å². The van der Waals surface area contributed by atoms with Crippen molar-refractivity contribution in [1.82, 2.24) is 9.55 Å². The van der Waals surface area contributed by atoms with E-state index in [0.29, 0.717) is 11.4 Å². The van der Waals surface area contributed by atoms with Crippen LogP contribution in [0.3, 0.4) is 0 Å². The number of para-hydroxylation sites is 1. The van der Waals surface area contributed by atoms with Gasteiger partial charge in [-0.3, -0.25) is 4.57 Å². The molecule has 3 aromatic rings. The van der Waals surface area contributed by atoms with Crippen LogP contribution in [0.1, 0.15) is 17.0 Å². The topological polar surface area (TPSA) is 17.8 Å². The van der Waals surface area contributed by atoms with Gasteiger partial charge in [-0.15, -0.1) is 11.6 Å². The average Bonchev–Trinajstić information content (AvgIpc) is 2.82. The van der Waals surface area contributed by atoms with E-state index in [9.17, 15) is 4.39 Å². The summed E-state index contributed by atoms with van der Waals surface area (Å²) < 4.78 is 15.5. The third kappa shape index (κ3) is 1.98. The lowest BCUT2D eigenvalue weighted by atomic mass is 10.1. The molecule has 20 heavy (non-hydrogen) atoms. The summed E-state index contributed by atoms with van der Waals surface area (Å²) in [7, 11) is 0. The second kappa shape index (κ2) is 4.91. The predicted molar refractivity (Wildman–Crippen MR) is 80.1 cm³/mol. The van der Waals surface area contributed by atoms with Crippen LogP contribution < -0.4 is 0 Å². The maximum Gasteiger partial charge on any atom is 0.129 e. The summed E-state index contributed by atoms with van der Waals surface area (Å²) in [4.78, 5) is 4.56. The van der Waals surface area contributed by atoms with Crippen molar-refractivity contribution in [3.05, 3.63) is 59.2 Å². The number of aryl methyl sites for hydroxylation is 2. The van der Waals surface area contributed by atoms with Gasteiger partial charge in [0, 0.05) is 5.69 Å². The molecule has 0 unspecified atom stereocenters. The van der Waals surface area contributed by atoms with Crippen LogP contribution in [0, 0.1) is 19.7 Å². The summed E-state index contributed by atoms with van der Waals surface area (Å²) in [5, 5.41) is 0. The van der Waals surface area contributed by atoms with E-state index >= 15 is 0 Å². The van der Waals surface area contributed by atoms with Crippen molar-refractivity contribution in [2.45, 2.75) is 19.7 Å². The number of hydrogen-bond donors (Lipinski definition) is 0. The number of halogens is 2. The number of hydrogen-bond acceptors (Lipinski definition) is 1. The van der Waals surface area contributed by atoms with Crippen molar-refractivity contribution in [2.75, 3.05) is 0 Å². The molecule has 0 aliphatic rings. The molecule has 102 valence electrons. The zero-order valence-electron chi connectivity index (χ0n) is 11.3. The van der Waals surface area contributed by atoms with Gasteiger partial charge in [0.2, 0.25) is 0 Å². The molecule has 1 heterocycles. The van der Waals surface area contributed by atoms with E-state index in [4.69, 9.17) is 11.6 Å². The van der Waals surface area contributed by atoms with Gasteiger partial charge in [-0.25, -0.2) is 9.37 Å². The molecule has 3 rings (SSSR count). The quantitative estimate of drug-likeness (QED) is 0.634. The molecule has 0 amide bonds. The summed E-state index contributed by atoms with van der Waals surface area (Å²) in [5.41, 5.74) is 4.54. The maximum absolute atomic E-state index is 13.5. The number of benzene rings is 2. The predicted octanol–water partition coefficient (Wildman–Crippen LogP) is 4.52. The Morgan fingerprint density at radius 3 is 2.65 bits per heavy atom. The molecule has 2 aromatic carbocycles. The second-order valence-corrected chi connectivity index (χ2v) is 5.14. The van der Waals surface area contributed by atoms with E-state index < -0.39 is 0 Å². The molecule has 2 nitrogen and oxygen atoms in total. The van der Waals surface area contributed by atoms with E-state index in [2.05, 4.69) is 4.98 Å². The van der Waals surface area contributed by atoms with Crippen LogP contribution >= 0.6 is 11.6 Å². The largest absolute Gasteiger partial charge is 0.295 e. The Morgan fingerprint density at radius 2 is 1.95 bits per heavy atom. The molecule has 4 heteroatoms. The smallest absolute Gasteiger partial charge is 0.129 e. The minimum absolute atomic E-state index is 0.206. The van der Waals surface area contributed by atoms with Crippen LogP contribution in [-0.2, 0) is 5.88 Å². The SMILES string of the molecule is Cc1cc(-n2c(CCl)nc3cccc(C)c32)ccc1F. The number of rotatable bonds is 2. The van der Waals surface area contributed by atoms with E-state index in [-0.39, 0.29) is 5.82 Å². The molecular weight excluding hydrogens is 275 g/mol. The first-order chi connectivity index (χ1) is 9.61. The van der Waals surface area contributed by atoms with Crippen molar-refractivity contribution >= 4 is 22.6 Å². The molecule has 0 fully saturated rings. The number of aromatic nitrogens is 2. The van der Waals surface area contributed by atoms with Gasteiger partial charge < -0.3 is 0 Å². The van der Waals surface area contributed by atoms with E-state index in [1.807, 2.05) is 35.8 Å². The molecule has 0 spiro atoms. The van der Waals surface area contributed by atoms with Crippen LogP contribution in [-0.4, -0.2) is 9.55 Å². The normalized spacial score (nSPS) is 11.2. The molecule has 0 bridgehead atoms. The molecule has 0 aliphatic heterocycles. The highest BCUT2D eigenvalue weighted by Gasteiger charge is 2.14. The maximum atomic E-state index is 13.5. The molecule has 0 saturated carbocycles. The summed E-state index contributed by atoms with van der Waals surface area (Å²) in [6.07, 6.45) is 0. The van der Waals surface area contributed by atoms with Crippen molar-refractivity contribution in [1.29, 1.82) is 0 Å². The van der Waals surface area contributed by atoms with E-state index in [1.54, 1.807) is 13.0 Å². The fourth-order valence-corrected chi connectivity index (χ4v) is 2.66. The Morgan fingerprint density at radius 1 is 1.15 bits per heavy atom. The first-order valence-electron chi connectivity index (χ1n) is 6.41. The minimum Gasteiger partial charge on any atom is -0.295 e. The lowest BCUT2D eigenvalue weighted by Crippen LogP contribution is -2.01. The van der Waals surface area contributed by atoms with Gasteiger partial charge in [-0.2, -0.15) is 0 Å². The minimum atomic E-state index is -0.206. The third-order valence-corrected chi connectivity index (χ3v) is 3.71. The van der Waals surface area contributed by atoms with Crippen molar-refractivity contribution < 1.29 is 4.39 Å². The third-order valence-electron chi connectivity index (χ3n) is 3.47. The lowest BCUT2D eigenvalue weighted by molar-refractivity contribution is 0.618. The average molecular weight is 289 g/mol. The van der Waals surface area contributed by atoms with Crippen molar-refractivity contribution in [2.24, 2.45) is 0 Å². The van der Waals surface area contributed by atoms with Gasteiger partial charge in [-0.05, 0) is 49.2 Å². The molecule has 0 saturated heterocycles. The van der Waals surface area contributed by atoms with E-state index in [0.717, 1.165) is 28.1 Å². The van der Waals surface area contributed by atoms with Crippen LogP contribution in [0.5, 0.6) is 0 Å². The molecule has 0 N–H and O–H groups in total. The Balaban J connectivity index is 2.36. The van der Waals surface area contributed by atoms with Gasteiger partial charge in [0.1, 0.15) is 11.6 Å². The standard InChI is InChI=1S/C16H14ClFN2/c1-10-4-3-5-14-16(10)20(15(9-17)19-14)12-6-7-13(18)11(2)8-12/h3-8H,9H2,1-2H3. The van der Waals surface area contributed by atoms with Crippen LogP contribution in [0.2, 0.25) is 0 Å². The number of imidazole rings is 1. The Kier molecular flexibility index (Phi) is 3.22. The zero-order valence-corrected chi connectivity index (χ0v) is 12.1. The Labute approximate surface area is 121 Å². The van der Waals surface area contributed by atoms with Crippen LogP contribution in [0.15, 0.2) is 36.4 Å². The Bertz CT molecular complexity index is 793. The van der Waals surface area contributed by atoms with Gasteiger partial charge in [0.05, 0.1) is 16.9 Å². The molecule has 0 atom stereocenters. The lowest BCUT2D eigenvalue weighted by Gasteiger charge is -2.10. The molecular formula is C16H14ClFN2. The van der Waals surface area contributed by atoms with E-state index in [1.165, 1.54) is 6.07 Å². The first-order valence-corrected chi connectivity index (χ1v) is 6.94. The highest BCUT2D eigenvalue weighted by Crippen LogP contribution is 2.26. The second-order valence-electron chi connectivity index (χ2n) is 4.87. The van der Waals surface area contributed by atoms with Crippen LogP contribution in [0.4, 0.5) is 4.39 Å². The molecule has 0 aliphatic carbocycles. The summed E-state index contributed by atoms with van der Waals surface area (Å²) in [5.74, 6) is 0.870. The summed E-state index contributed by atoms with van der Waals surface area (Å²) in [6.45, 7) is 3.79. The summed E-state index contributed by atoms with van der Waals surface area (Å²) in [6, 6.07) is 11.0. The van der Waals surface area contributed by atoms with Crippen molar-refractivity contribution in [3.63, 3.8) is 0 Å². The molecule has 0 radical (unpaired) electrons. The first kappa shape index (κ1) is 13.1. The fraction of sp³-hybridized carbons (Fsp3) is 0.188. The number of alkyl halides is 1. The Hall–Kier alpha value is -1.87. The summed E-state index contributed by atoms with van der Waals surface area (Å²) >= 11 is 6.02. The van der Waals surface area contributed by atoms with Gasteiger partial charge in [0.15, 0.2) is 0 Å².